The molecule has 2 heterocycles. The van der Waals surface area contributed by atoms with Gasteiger partial charge in [0.2, 0.25) is 0 Å². The number of halogens is 1. The Bertz CT molecular complexity index is 567. The van der Waals surface area contributed by atoms with Gasteiger partial charge >= 0.3 is 0 Å². The first kappa shape index (κ1) is 17.6. The molecule has 1 aromatic rings. The van der Waals surface area contributed by atoms with Crippen LogP contribution in [0.15, 0.2) is 24.3 Å². The molecule has 0 radical (unpaired) electrons. The summed E-state index contributed by atoms with van der Waals surface area (Å²) in [5.41, 5.74) is 6.90. The minimum absolute atomic E-state index is 0. The van der Waals surface area contributed by atoms with Crippen LogP contribution in [0, 0.1) is 0 Å². The SMILES string of the molecule is Cl.Nc1cccc(C(=O)N2CCN(C(=O)C3CCCO3)CC2)c1. The molecular weight excluding hydrogens is 318 g/mol. The topological polar surface area (TPSA) is 75.9 Å². The number of benzene rings is 1. The van der Waals surface area contributed by atoms with Crippen molar-refractivity contribution in [3.8, 4) is 0 Å². The van der Waals surface area contributed by atoms with Crippen molar-refractivity contribution < 1.29 is 14.3 Å². The molecule has 3 rings (SSSR count). The highest BCUT2D eigenvalue weighted by Gasteiger charge is 2.31. The van der Waals surface area contributed by atoms with Gasteiger partial charge in [-0.15, -0.1) is 12.4 Å². The van der Waals surface area contributed by atoms with E-state index in [1.165, 1.54) is 0 Å². The largest absolute Gasteiger partial charge is 0.399 e. The van der Waals surface area contributed by atoms with Gasteiger partial charge in [0.25, 0.3) is 11.8 Å². The number of ether oxygens (including phenoxy) is 1. The summed E-state index contributed by atoms with van der Waals surface area (Å²) in [7, 11) is 0. The Morgan fingerprint density at radius 2 is 1.83 bits per heavy atom. The molecule has 0 saturated carbocycles. The van der Waals surface area contributed by atoms with Crippen LogP contribution in [0.5, 0.6) is 0 Å². The van der Waals surface area contributed by atoms with Crippen molar-refractivity contribution in [3.63, 3.8) is 0 Å². The Kier molecular flexibility index (Phi) is 5.85. The Morgan fingerprint density at radius 3 is 2.43 bits per heavy atom. The van der Waals surface area contributed by atoms with Crippen LogP contribution in [0.25, 0.3) is 0 Å². The fourth-order valence-corrected chi connectivity index (χ4v) is 2.96. The molecule has 0 spiro atoms. The third kappa shape index (κ3) is 3.95. The van der Waals surface area contributed by atoms with E-state index in [-0.39, 0.29) is 30.3 Å². The van der Waals surface area contributed by atoms with E-state index in [9.17, 15) is 9.59 Å². The van der Waals surface area contributed by atoms with Crippen molar-refractivity contribution >= 4 is 29.9 Å². The van der Waals surface area contributed by atoms with Gasteiger partial charge in [-0.05, 0) is 31.0 Å². The van der Waals surface area contributed by atoms with Crippen molar-refractivity contribution in [3.05, 3.63) is 29.8 Å². The summed E-state index contributed by atoms with van der Waals surface area (Å²) in [6.07, 6.45) is 1.47. The number of nitrogens with zero attached hydrogens (tertiary/aromatic N) is 2. The van der Waals surface area contributed by atoms with Crippen molar-refractivity contribution in [1.82, 2.24) is 9.80 Å². The van der Waals surface area contributed by atoms with Crippen molar-refractivity contribution in [2.75, 3.05) is 38.5 Å². The average Bonchev–Trinajstić information content (AvgIpc) is 3.08. The number of hydrogen-bond acceptors (Lipinski definition) is 4. The van der Waals surface area contributed by atoms with E-state index in [1.54, 1.807) is 34.1 Å². The number of carbonyl (C=O) groups excluding carboxylic acids is 2. The highest BCUT2D eigenvalue weighted by atomic mass is 35.5. The summed E-state index contributed by atoms with van der Waals surface area (Å²) in [5, 5.41) is 0. The van der Waals surface area contributed by atoms with E-state index in [2.05, 4.69) is 0 Å². The van der Waals surface area contributed by atoms with Crippen LogP contribution in [-0.4, -0.2) is 60.5 Å². The number of rotatable bonds is 2. The van der Waals surface area contributed by atoms with E-state index in [0.29, 0.717) is 44.0 Å². The predicted molar refractivity (Wildman–Crippen MR) is 89.6 cm³/mol. The van der Waals surface area contributed by atoms with Gasteiger partial charge in [-0.1, -0.05) is 6.07 Å². The van der Waals surface area contributed by atoms with Gasteiger partial charge in [0.05, 0.1) is 0 Å². The molecule has 6 nitrogen and oxygen atoms in total. The number of piperazine rings is 1. The molecule has 126 valence electrons. The van der Waals surface area contributed by atoms with E-state index in [0.717, 1.165) is 12.8 Å². The van der Waals surface area contributed by atoms with E-state index in [1.807, 2.05) is 0 Å². The Hall–Kier alpha value is -1.79. The molecule has 23 heavy (non-hydrogen) atoms. The lowest BCUT2D eigenvalue weighted by molar-refractivity contribution is -0.142. The Labute approximate surface area is 142 Å². The van der Waals surface area contributed by atoms with Crippen molar-refractivity contribution in [2.24, 2.45) is 0 Å². The first-order valence-electron chi connectivity index (χ1n) is 7.70. The van der Waals surface area contributed by atoms with Gasteiger partial charge in [-0.25, -0.2) is 0 Å². The molecule has 2 saturated heterocycles. The third-order valence-electron chi connectivity index (χ3n) is 4.22. The van der Waals surface area contributed by atoms with Crippen LogP contribution in [0.4, 0.5) is 5.69 Å². The molecule has 0 aromatic heterocycles. The summed E-state index contributed by atoms with van der Waals surface area (Å²) in [6, 6.07) is 6.99. The maximum atomic E-state index is 12.4. The van der Waals surface area contributed by atoms with Gasteiger partial charge in [0, 0.05) is 44.0 Å². The van der Waals surface area contributed by atoms with E-state index in [4.69, 9.17) is 10.5 Å². The molecular formula is C16H22ClN3O3. The molecule has 0 bridgehead atoms. The minimum atomic E-state index is -0.281. The lowest BCUT2D eigenvalue weighted by Crippen LogP contribution is -2.52. The fraction of sp³-hybridized carbons (Fsp3) is 0.500. The first-order chi connectivity index (χ1) is 10.6. The minimum Gasteiger partial charge on any atom is -0.399 e. The number of anilines is 1. The molecule has 2 amide bonds. The van der Waals surface area contributed by atoms with Gasteiger partial charge in [-0.2, -0.15) is 0 Å². The zero-order valence-electron chi connectivity index (χ0n) is 12.9. The molecule has 0 aliphatic carbocycles. The summed E-state index contributed by atoms with van der Waals surface area (Å²) in [5.74, 6) is 0.0325. The van der Waals surface area contributed by atoms with Gasteiger partial charge in [0.1, 0.15) is 6.10 Å². The highest BCUT2D eigenvalue weighted by Crippen LogP contribution is 2.17. The summed E-state index contributed by atoms with van der Waals surface area (Å²) < 4.78 is 5.44. The quantitative estimate of drug-likeness (QED) is 0.820. The highest BCUT2D eigenvalue weighted by molar-refractivity contribution is 5.95. The summed E-state index contributed by atoms with van der Waals surface area (Å²) in [4.78, 5) is 28.3. The van der Waals surface area contributed by atoms with Crippen LogP contribution < -0.4 is 5.73 Å². The molecule has 1 aromatic carbocycles. The summed E-state index contributed by atoms with van der Waals surface area (Å²) >= 11 is 0. The monoisotopic (exact) mass is 339 g/mol. The lowest BCUT2D eigenvalue weighted by atomic mass is 10.1. The standard InChI is InChI=1S/C16H21N3O3.ClH/c17-13-4-1-3-12(11-13)15(20)18-6-8-19(9-7-18)16(21)14-5-2-10-22-14;/h1,3-4,11,14H,2,5-10,17H2;1H. The third-order valence-corrected chi connectivity index (χ3v) is 4.22. The lowest BCUT2D eigenvalue weighted by Gasteiger charge is -2.35. The maximum Gasteiger partial charge on any atom is 0.254 e. The number of nitrogens with two attached hydrogens (primary N) is 1. The van der Waals surface area contributed by atoms with Gasteiger partial charge < -0.3 is 20.3 Å². The maximum absolute atomic E-state index is 12.4. The van der Waals surface area contributed by atoms with Gasteiger partial charge in [-0.3, -0.25) is 9.59 Å². The molecule has 2 aliphatic rings. The molecule has 1 atom stereocenters. The fourth-order valence-electron chi connectivity index (χ4n) is 2.96. The molecule has 2 fully saturated rings. The number of nitrogen functional groups attached to an aromatic ring is 1. The van der Waals surface area contributed by atoms with Gasteiger partial charge in [0.15, 0.2) is 0 Å². The first-order valence-corrected chi connectivity index (χ1v) is 7.70. The predicted octanol–water partition coefficient (Wildman–Crippen LogP) is 1.15. The molecule has 2 N–H and O–H groups in total. The van der Waals surface area contributed by atoms with E-state index < -0.39 is 0 Å². The second-order valence-corrected chi connectivity index (χ2v) is 5.74. The number of carbonyl (C=O) groups is 2. The van der Waals surface area contributed by atoms with Crippen LogP contribution in [0.3, 0.4) is 0 Å². The average molecular weight is 340 g/mol. The molecule has 1 unspecified atom stereocenters. The number of amides is 2. The van der Waals surface area contributed by atoms with Crippen molar-refractivity contribution in [1.29, 1.82) is 0 Å². The smallest absolute Gasteiger partial charge is 0.254 e. The van der Waals surface area contributed by atoms with Crippen LogP contribution in [0.1, 0.15) is 23.2 Å². The normalized spacial score (nSPS) is 21.0. The molecule has 2 aliphatic heterocycles. The zero-order chi connectivity index (χ0) is 15.5. The van der Waals surface area contributed by atoms with Crippen LogP contribution in [0.2, 0.25) is 0 Å². The second kappa shape index (κ2) is 7.66. The van der Waals surface area contributed by atoms with Crippen molar-refractivity contribution in [2.45, 2.75) is 18.9 Å². The zero-order valence-corrected chi connectivity index (χ0v) is 13.8. The molecule has 7 heteroatoms. The van der Waals surface area contributed by atoms with Crippen LogP contribution >= 0.6 is 12.4 Å². The van der Waals surface area contributed by atoms with Crippen LogP contribution in [-0.2, 0) is 9.53 Å². The Balaban J connectivity index is 0.00000192. The summed E-state index contributed by atoms with van der Waals surface area (Å²) in [6.45, 7) is 2.89. The second-order valence-electron chi connectivity index (χ2n) is 5.74. The Morgan fingerprint density at radius 1 is 1.13 bits per heavy atom. The number of hydrogen-bond donors (Lipinski definition) is 1. The van der Waals surface area contributed by atoms with E-state index >= 15 is 0 Å².